The van der Waals surface area contributed by atoms with Gasteiger partial charge in [-0.15, -0.1) is 0 Å². The summed E-state index contributed by atoms with van der Waals surface area (Å²) >= 11 is 0. The lowest BCUT2D eigenvalue weighted by atomic mass is 10.0. The molecule has 1 aromatic carbocycles. The molecule has 268 valence electrons. The average molecular weight is 643 g/mol. The number of carbonyl (C=O) groups excluding carboxylic acids is 1. The Morgan fingerprint density at radius 3 is 1.17 bits per heavy atom. The van der Waals surface area contributed by atoms with Crippen LogP contribution < -0.4 is 0 Å². The topological polar surface area (TPSA) is 46.5 Å². The van der Waals surface area contributed by atoms with E-state index in [1.165, 1.54) is 186 Å². The van der Waals surface area contributed by atoms with Crippen molar-refractivity contribution in [2.75, 3.05) is 6.61 Å². The Morgan fingerprint density at radius 1 is 0.478 bits per heavy atom. The number of phenolic OH excluding ortho intramolecular Hbond substituents is 1. The fourth-order valence-corrected chi connectivity index (χ4v) is 6.67. The molecule has 0 aliphatic rings. The second-order valence-electron chi connectivity index (χ2n) is 14.3. The van der Waals surface area contributed by atoms with Gasteiger partial charge in [-0.05, 0) is 37.0 Å². The first kappa shape index (κ1) is 42.5. The zero-order chi connectivity index (χ0) is 33.2. The molecular formula is C43H78O3. The predicted octanol–water partition coefficient (Wildman–Crippen LogP) is 14.6. The van der Waals surface area contributed by atoms with Crippen molar-refractivity contribution in [1.82, 2.24) is 0 Å². The molecule has 0 heterocycles. The third-order valence-corrected chi connectivity index (χ3v) is 9.83. The van der Waals surface area contributed by atoms with Gasteiger partial charge in [0.25, 0.3) is 0 Å². The molecule has 0 aliphatic carbocycles. The van der Waals surface area contributed by atoms with Crippen molar-refractivity contribution < 1.29 is 14.6 Å². The van der Waals surface area contributed by atoms with E-state index in [0.717, 1.165) is 31.2 Å². The molecule has 3 nitrogen and oxygen atoms in total. The summed E-state index contributed by atoms with van der Waals surface area (Å²) in [7, 11) is 0. The summed E-state index contributed by atoms with van der Waals surface area (Å²) in [5, 5.41) is 10.3. The van der Waals surface area contributed by atoms with E-state index in [4.69, 9.17) is 4.74 Å². The number of hydrogen-bond donors (Lipinski definition) is 1. The van der Waals surface area contributed by atoms with E-state index < -0.39 is 0 Å². The number of phenols is 1. The van der Waals surface area contributed by atoms with E-state index >= 15 is 0 Å². The standard InChI is InChI=1S/C43H78O3/c1-3-5-7-9-11-13-15-17-19-21-23-25-27-29-31-33-35-40-36-37-42(44)41(39-40)43(45)46-38-34-32-30-28-26-24-22-20-18-16-14-12-10-8-6-4-2/h36-37,39,44H,3-35,38H2,1-2H3. The Bertz CT molecular complexity index is 788. The van der Waals surface area contributed by atoms with E-state index in [1.807, 2.05) is 12.1 Å². The van der Waals surface area contributed by atoms with Crippen LogP contribution in [0.4, 0.5) is 0 Å². The smallest absolute Gasteiger partial charge is 0.341 e. The van der Waals surface area contributed by atoms with Crippen molar-refractivity contribution >= 4 is 5.97 Å². The van der Waals surface area contributed by atoms with Crippen molar-refractivity contribution in [2.45, 2.75) is 226 Å². The SMILES string of the molecule is CCCCCCCCCCCCCCCCCCOC(=O)c1cc(CCCCCCCCCCCCCCCCCC)ccc1O. The molecule has 0 atom stereocenters. The van der Waals surface area contributed by atoms with Crippen molar-refractivity contribution in [1.29, 1.82) is 0 Å². The zero-order valence-corrected chi connectivity index (χ0v) is 31.0. The first-order valence-electron chi connectivity index (χ1n) is 20.7. The van der Waals surface area contributed by atoms with Crippen LogP contribution in [0.2, 0.25) is 0 Å². The van der Waals surface area contributed by atoms with E-state index in [-0.39, 0.29) is 11.7 Å². The third-order valence-electron chi connectivity index (χ3n) is 9.83. The van der Waals surface area contributed by atoms with Gasteiger partial charge in [0.05, 0.1) is 6.61 Å². The highest BCUT2D eigenvalue weighted by Crippen LogP contribution is 2.22. The van der Waals surface area contributed by atoms with Gasteiger partial charge in [-0.1, -0.05) is 213 Å². The monoisotopic (exact) mass is 643 g/mol. The molecule has 1 aromatic rings. The molecule has 0 saturated carbocycles. The Kier molecular flexibility index (Phi) is 30.9. The summed E-state index contributed by atoms with van der Waals surface area (Å²) < 4.78 is 5.52. The highest BCUT2D eigenvalue weighted by atomic mass is 16.5. The fourth-order valence-electron chi connectivity index (χ4n) is 6.67. The van der Waals surface area contributed by atoms with Gasteiger partial charge < -0.3 is 9.84 Å². The number of unbranched alkanes of at least 4 members (excludes halogenated alkanes) is 30. The first-order valence-corrected chi connectivity index (χ1v) is 20.7. The number of esters is 1. The van der Waals surface area contributed by atoms with Crippen molar-refractivity contribution in [3.05, 3.63) is 29.3 Å². The van der Waals surface area contributed by atoms with Crippen molar-refractivity contribution in [3.8, 4) is 5.75 Å². The second kappa shape index (κ2) is 33.4. The van der Waals surface area contributed by atoms with Crippen LogP contribution in [0.3, 0.4) is 0 Å². The van der Waals surface area contributed by atoms with Gasteiger partial charge in [-0.2, -0.15) is 0 Å². The summed E-state index contributed by atoms with van der Waals surface area (Å²) in [6.45, 7) is 5.02. The number of hydrogen-bond acceptors (Lipinski definition) is 3. The molecule has 0 aliphatic heterocycles. The van der Waals surface area contributed by atoms with Gasteiger partial charge in [0.2, 0.25) is 0 Å². The maximum absolute atomic E-state index is 12.6. The van der Waals surface area contributed by atoms with Crippen molar-refractivity contribution in [2.24, 2.45) is 0 Å². The number of benzene rings is 1. The number of ether oxygens (including phenoxy) is 1. The lowest BCUT2D eigenvalue weighted by Crippen LogP contribution is -2.07. The quantitative estimate of drug-likeness (QED) is 0.0592. The van der Waals surface area contributed by atoms with Gasteiger partial charge in [-0.3, -0.25) is 0 Å². The largest absolute Gasteiger partial charge is 0.507 e. The molecule has 1 rings (SSSR count). The number of carbonyl (C=O) groups is 1. The summed E-state index contributed by atoms with van der Waals surface area (Å²) in [6, 6.07) is 5.45. The third kappa shape index (κ3) is 26.5. The minimum Gasteiger partial charge on any atom is -0.507 e. The predicted molar refractivity (Wildman–Crippen MR) is 201 cm³/mol. The summed E-state index contributed by atoms with van der Waals surface area (Å²) in [5.41, 5.74) is 1.45. The molecule has 0 spiro atoms. The van der Waals surface area contributed by atoms with Crippen LogP contribution in [-0.4, -0.2) is 17.7 Å². The molecule has 1 N–H and O–H groups in total. The van der Waals surface area contributed by atoms with Crippen LogP contribution in [-0.2, 0) is 11.2 Å². The second-order valence-corrected chi connectivity index (χ2v) is 14.3. The molecule has 0 unspecified atom stereocenters. The Morgan fingerprint density at radius 2 is 0.804 bits per heavy atom. The Hall–Kier alpha value is -1.51. The lowest BCUT2D eigenvalue weighted by Gasteiger charge is -2.09. The maximum Gasteiger partial charge on any atom is 0.341 e. The highest BCUT2D eigenvalue weighted by molar-refractivity contribution is 5.92. The normalized spacial score (nSPS) is 11.3. The fraction of sp³-hybridized carbons (Fsp3) is 0.837. The Labute approximate surface area is 287 Å². The summed E-state index contributed by atoms with van der Waals surface area (Å²) in [4.78, 5) is 12.6. The van der Waals surface area contributed by atoms with E-state index in [0.29, 0.717) is 12.2 Å². The maximum atomic E-state index is 12.6. The number of aromatic hydroxyl groups is 1. The van der Waals surface area contributed by atoms with Crippen molar-refractivity contribution in [3.63, 3.8) is 0 Å². The van der Waals surface area contributed by atoms with Gasteiger partial charge in [0, 0.05) is 0 Å². The lowest BCUT2D eigenvalue weighted by molar-refractivity contribution is 0.0494. The summed E-state index contributed by atoms with van der Waals surface area (Å²) in [5.74, 6) is -0.347. The van der Waals surface area contributed by atoms with Crippen LogP contribution in [0.15, 0.2) is 18.2 Å². The molecule has 0 saturated heterocycles. The highest BCUT2D eigenvalue weighted by Gasteiger charge is 2.13. The molecular weight excluding hydrogens is 564 g/mol. The van der Waals surface area contributed by atoms with Crippen LogP contribution >= 0.6 is 0 Å². The van der Waals surface area contributed by atoms with Crippen LogP contribution in [0.5, 0.6) is 5.75 Å². The minimum absolute atomic E-state index is 0.0349. The van der Waals surface area contributed by atoms with Gasteiger partial charge in [-0.25, -0.2) is 4.79 Å². The van der Waals surface area contributed by atoms with Crippen LogP contribution in [0.25, 0.3) is 0 Å². The van der Waals surface area contributed by atoms with Gasteiger partial charge in [0.1, 0.15) is 11.3 Å². The van der Waals surface area contributed by atoms with Crippen LogP contribution in [0, 0.1) is 0 Å². The molecule has 3 heteroatoms. The average Bonchev–Trinajstić information content (AvgIpc) is 3.06. The van der Waals surface area contributed by atoms with E-state index in [1.54, 1.807) is 6.07 Å². The van der Waals surface area contributed by atoms with Crippen LogP contribution in [0.1, 0.15) is 235 Å². The Balaban J connectivity index is 1.96. The molecule has 0 fully saturated rings. The van der Waals surface area contributed by atoms with Gasteiger partial charge >= 0.3 is 5.97 Å². The molecule has 0 bridgehead atoms. The number of rotatable bonds is 35. The zero-order valence-electron chi connectivity index (χ0n) is 31.0. The minimum atomic E-state index is -0.382. The van der Waals surface area contributed by atoms with Gasteiger partial charge in [0.15, 0.2) is 0 Å². The molecule has 46 heavy (non-hydrogen) atoms. The number of aryl methyl sites for hydroxylation is 1. The molecule has 0 aromatic heterocycles. The van der Waals surface area contributed by atoms with E-state index in [2.05, 4.69) is 13.8 Å². The first-order chi connectivity index (χ1) is 22.7. The molecule has 0 amide bonds. The molecule has 0 radical (unpaired) electrons. The van der Waals surface area contributed by atoms with E-state index in [9.17, 15) is 9.90 Å². The summed E-state index contributed by atoms with van der Waals surface area (Å²) in [6.07, 6.45) is 44.2.